The largest absolute Gasteiger partial charge is 0.459 e. The highest BCUT2D eigenvalue weighted by atomic mass is 16.7. The number of esters is 1. The summed E-state index contributed by atoms with van der Waals surface area (Å²) in [5.74, 6) is -2.80. The maximum absolute atomic E-state index is 14.5. The quantitative estimate of drug-likeness (QED) is 0.102. The van der Waals surface area contributed by atoms with Gasteiger partial charge in [0.15, 0.2) is 12.6 Å². The number of rotatable bonds is 14. The van der Waals surface area contributed by atoms with Crippen molar-refractivity contribution in [2.24, 2.45) is 17.8 Å². The number of nitrogens with zero attached hydrogens (tertiary/aromatic N) is 7. The molecule has 74 heavy (non-hydrogen) atoms. The molecule has 19 atom stereocenters. The van der Waals surface area contributed by atoms with E-state index in [9.17, 15) is 40.4 Å². The summed E-state index contributed by atoms with van der Waals surface area (Å²) in [6.45, 7) is 20.9. The molecule has 1 aromatic carbocycles. The number of aliphatic hydroxyl groups is 5. The Morgan fingerprint density at radius 1 is 0.973 bits per heavy atom. The second-order valence-electron chi connectivity index (χ2n) is 23.1. The van der Waals surface area contributed by atoms with Crippen LogP contribution < -0.4 is 0 Å². The first-order valence-corrected chi connectivity index (χ1v) is 26.8. The van der Waals surface area contributed by atoms with E-state index in [1.54, 1.807) is 53.7 Å². The molecule has 0 bridgehead atoms. The van der Waals surface area contributed by atoms with Gasteiger partial charge in [0, 0.05) is 82.5 Å². The van der Waals surface area contributed by atoms with Gasteiger partial charge >= 0.3 is 5.97 Å². The van der Waals surface area contributed by atoms with Crippen molar-refractivity contribution in [1.29, 1.82) is 0 Å². The summed E-state index contributed by atoms with van der Waals surface area (Å²) in [4.78, 5) is 31.6. The van der Waals surface area contributed by atoms with Crippen LogP contribution in [-0.2, 0) is 46.2 Å². The lowest BCUT2D eigenvalue weighted by Gasteiger charge is -2.49. The molecule has 0 saturated carbocycles. The van der Waals surface area contributed by atoms with Crippen molar-refractivity contribution in [3.8, 4) is 0 Å². The number of non-ortho nitro benzene ring substituents is 1. The Kier molecular flexibility index (Phi) is 20.3. The molecule has 1 aromatic heterocycles. The maximum atomic E-state index is 14.5. The third kappa shape index (κ3) is 14.1. The molecule has 420 valence electrons. The van der Waals surface area contributed by atoms with Crippen molar-refractivity contribution in [3.05, 3.63) is 51.8 Å². The average Bonchev–Trinajstić information content (AvgIpc) is 3.83. The number of methoxy groups -OCH3 is 1. The molecule has 21 nitrogen and oxygen atoms in total. The summed E-state index contributed by atoms with van der Waals surface area (Å²) >= 11 is 0. The maximum Gasteiger partial charge on any atom is 0.311 e. The van der Waals surface area contributed by atoms with Gasteiger partial charge in [0.2, 0.25) is 0 Å². The first kappa shape index (κ1) is 59.9. The van der Waals surface area contributed by atoms with E-state index in [-0.39, 0.29) is 43.0 Å². The molecule has 0 aliphatic carbocycles. The molecule has 0 unspecified atom stereocenters. The second kappa shape index (κ2) is 25.0. The van der Waals surface area contributed by atoms with Gasteiger partial charge in [-0.05, 0) is 113 Å². The summed E-state index contributed by atoms with van der Waals surface area (Å²) in [6, 6.07) is 5.80. The fourth-order valence-corrected chi connectivity index (χ4v) is 12.1. The number of carbonyl (C=O) groups excluding carboxylic acids is 1. The molecule has 4 aliphatic heterocycles. The van der Waals surface area contributed by atoms with Gasteiger partial charge in [0.1, 0.15) is 30.0 Å². The third-order valence-electron chi connectivity index (χ3n) is 16.8. The van der Waals surface area contributed by atoms with Crippen LogP contribution in [0.5, 0.6) is 0 Å². The van der Waals surface area contributed by atoms with Crippen molar-refractivity contribution < 1.29 is 63.7 Å². The summed E-state index contributed by atoms with van der Waals surface area (Å²) in [6.07, 6.45) is -4.67. The smallest absolute Gasteiger partial charge is 0.311 e. The summed E-state index contributed by atoms with van der Waals surface area (Å²) in [5, 5.41) is 80.0. The first-order valence-electron chi connectivity index (χ1n) is 26.8. The van der Waals surface area contributed by atoms with Crippen LogP contribution in [0.15, 0.2) is 30.5 Å². The van der Waals surface area contributed by atoms with E-state index in [0.717, 1.165) is 37.2 Å². The van der Waals surface area contributed by atoms with Crippen LogP contribution in [0.3, 0.4) is 0 Å². The van der Waals surface area contributed by atoms with Crippen LogP contribution in [-0.4, -0.2) is 204 Å². The Morgan fingerprint density at radius 3 is 2.31 bits per heavy atom. The number of piperidine rings is 1. The molecule has 4 fully saturated rings. The lowest BCUT2D eigenvalue weighted by molar-refractivity contribution is -0.384. The molecular weight excluding hydrogens is 959 g/mol. The standard InChI is InChI=1S/C53H89N7O14/c1-14-42-53(10,66)46(62)35(6)57(12)27-31(2)25-51(8,65)48(33(4)45(34(5)49(64)72-42)73-43-26-52(9,69-13)47(63)36(7)71-43)74-50-44(61)41(24-32(3)70-50)56(11)23-21-38-29-59(55-54-38)40-16-15-22-58(30-40)28-37-17-19-39(20-18-37)60(67)68/h17-20,29,31-36,40-48,50,61-63,65-66H,14-16,21-28,30H2,1-13H3/t31-,32-,33+,34-,35-,36+,40+,41+,42-,43+,44-,45+,46-,47+,48-,50+,51-,52-,53-/m1/s1. The van der Waals surface area contributed by atoms with Gasteiger partial charge in [-0.15, -0.1) is 5.10 Å². The van der Waals surface area contributed by atoms with Gasteiger partial charge in [-0.2, -0.15) is 0 Å². The van der Waals surface area contributed by atoms with Crippen LogP contribution in [0.1, 0.15) is 125 Å². The zero-order valence-electron chi connectivity index (χ0n) is 46.2. The average molecular weight is 1050 g/mol. The van der Waals surface area contributed by atoms with Crippen molar-refractivity contribution in [2.75, 3.05) is 47.4 Å². The van der Waals surface area contributed by atoms with E-state index in [0.29, 0.717) is 32.5 Å². The number of nitro benzene ring substituents is 1. The summed E-state index contributed by atoms with van der Waals surface area (Å²) in [5.41, 5.74) is -2.66. The molecular formula is C53H89N7O14. The molecule has 6 rings (SSSR count). The van der Waals surface area contributed by atoms with Crippen LogP contribution in [0.4, 0.5) is 5.69 Å². The summed E-state index contributed by atoms with van der Waals surface area (Å²) < 4.78 is 40.3. The molecule has 5 N–H and O–H groups in total. The number of cyclic esters (lactones) is 1. The first-order chi connectivity index (χ1) is 34.7. The van der Waals surface area contributed by atoms with Gasteiger partial charge < -0.3 is 63.8 Å². The minimum Gasteiger partial charge on any atom is -0.459 e. The highest BCUT2D eigenvalue weighted by Crippen LogP contribution is 2.40. The molecule has 0 radical (unpaired) electrons. The van der Waals surface area contributed by atoms with E-state index in [1.807, 2.05) is 50.6 Å². The van der Waals surface area contributed by atoms with E-state index in [2.05, 4.69) is 20.1 Å². The topological polar surface area (TPSA) is 257 Å². The predicted octanol–water partition coefficient (Wildman–Crippen LogP) is 3.85. The van der Waals surface area contributed by atoms with Gasteiger partial charge in [-0.1, -0.05) is 38.1 Å². The number of aromatic nitrogens is 3. The second-order valence-corrected chi connectivity index (χ2v) is 23.1. The Morgan fingerprint density at radius 2 is 1.66 bits per heavy atom. The van der Waals surface area contributed by atoms with Crippen LogP contribution >= 0.6 is 0 Å². The number of likely N-dealkylation sites (tertiary alicyclic amines) is 1. The van der Waals surface area contributed by atoms with Crippen LogP contribution in [0, 0.1) is 27.9 Å². The normalized spacial score (nSPS) is 40.8. The van der Waals surface area contributed by atoms with Crippen LogP contribution in [0.25, 0.3) is 0 Å². The Balaban J connectivity index is 1.23. The van der Waals surface area contributed by atoms with Gasteiger partial charge in [-0.25, -0.2) is 4.68 Å². The number of aliphatic hydroxyl groups excluding tert-OH is 3. The minimum absolute atomic E-state index is 0.0712. The Bertz CT molecular complexity index is 2120. The van der Waals surface area contributed by atoms with E-state index in [1.165, 1.54) is 26.2 Å². The molecule has 21 heteroatoms. The number of nitro groups is 1. The fraction of sp³-hybridized carbons (Fsp3) is 0.830. The summed E-state index contributed by atoms with van der Waals surface area (Å²) in [7, 11) is 5.28. The van der Waals surface area contributed by atoms with E-state index >= 15 is 0 Å². The lowest BCUT2D eigenvalue weighted by atomic mass is 9.77. The number of hydrogen-bond donors (Lipinski definition) is 5. The predicted molar refractivity (Wildman–Crippen MR) is 273 cm³/mol. The lowest BCUT2D eigenvalue weighted by Crippen LogP contribution is -2.61. The zero-order chi connectivity index (χ0) is 54.6. The van der Waals surface area contributed by atoms with Crippen molar-refractivity contribution in [1.82, 2.24) is 29.7 Å². The van der Waals surface area contributed by atoms with Gasteiger partial charge in [0.05, 0.1) is 58.2 Å². The number of benzene rings is 1. The van der Waals surface area contributed by atoms with Crippen molar-refractivity contribution in [3.63, 3.8) is 0 Å². The Labute approximate surface area is 437 Å². The van der Waals surface area contributed by atoms with Crippen molar-refractivity contribution >= 4 is 11.7 Å². The number of likely N-dealkylation sites (N-methyl/N-ethyl adjacent to an activating group) is 2. The molecule has 5 heterocycles. The van der Waals surface area contributed by atoms with Crippen molar-refractivity contribution in [2.45, 2.75) is 217 Å². The fourth-order valence-electron chi connectivity index (χ4n) is 12.1. The zero-order valence-corrected chi connectivity index (χ0v) is 46.2. The molecule has 4 aliphatic rings. The molecule has 0 amide bonds. The highest BCUT2D eigenvalue weighted by molar-refractivity contribution is 5.73. The number of carbonyl (C=O) groups is 1. The third-order valence-corrected chi connectivity index (χ3v) is 16.8. The molecule has 4 saturated heterocycles. The van der Waals surface area contributed by atoms with E-state index < -0.39 is 107 Å². The number of hydrogen-bond acceptors (Lipinski definition) is 19. The van der Waals surface area contributed by atoms with Gasteiger partial charge in [-0.3, -0.25) is 19.8 Å². The SMILES string of the molecule is CC[C@H]1OC(=O)[C@H](C)[C@@H](O[C@H]2C[C@@](C)(OC)[C@@H](O)[C@H](C)O2)[C@H](C)[C@@H](O[C@@H]2O[C@H](C)C[C@H](N(C)CCc3cn([C@H]4CCCN(Cc5ccc([N+](=O)[O-])cc5)C4)nn3)[C@H]2O)[C@](C)(O)C[C@@H](C)CN(C)[C@H](C)[C@@H](O)[C@]1(C)O. The van der Waals surface area contributed by atoms with E-state index in [4.69, 9.17) is 28.4 Å². The molecule has 2 aromatic rings. The monoisotopic (exact) mass is 1050 g/mol. The van der Waals surface area contributed by atoms with Crippen LogP contribution in [0.2, 0.25) is 0 Å². The number of ether oxygens (including phenoxy) is 6. The highest BCUT2D eigenvalue weighted by Gasteiger charge is 2.53. The molecule has 0 spiro atoms. The van der Waals surface area contributed by atoms with Gasteiger partial charge in [0.25, 0.3) is 5.69 Å². The minimum atomic E-state index is -1.84. The Hall–Kier alpha value is -3.29.